The van der Waals surface area contributed by atoms with Gasteiger partial charge in [0.2, 0.25) is 5.91 Å². The van der Waals surface area contributed by atoms with Gasteiger partial charge in [-0.15, -0.1) is 0 Å². The van der Waals surface area contributed by atoms with Crippen LogP contribution in [0.15, 0.2) is 36.5 Å². The molecule has 5 nitrogen and oxygen atoms in total. The average molecular weight is 431 g/mol. The van der Waals surface area contributed by atoms with Gasteiger partial charge < -0.3 is 14.8 Å². The largest absolute Gasteiger partial charge is 0.355 e. The van der Waals surface area contributed by atoms with E-state index in [1.54, 1.807) is 0 Å². The maximum atomic E-state index is 14.6. The lowest BCUT2D eigenvalue weighted by atomic mass is 9.99. The third-order valence-electron chi connectivity index (χ3n) is 6.63. The van der Waals surface area contributed by atoms with Crippen molar-refractivity contribution in [2.45, 2.75) is 51.2 Å². The molecule has 7 heteroatoms. The van der Waals surface area contributed by atoms with Crippen LogP contribution in [0.2, 0.25) is 0 Å². The second kappa shape index (κ2) is 9.92. The molecule has 0 radical (unpaired) electrons. The summed E-state index contributed by atoms with van der Waals surface area (Å²) >= 11 is 0. The summed E-state index contributed by atoms with van der Waals surface area (Å²) in [4.78, 5) is 17.1. The van der Waals surface area contributed by atoms with Crippen LogP contribution in [0.4, 0.5) is 8.78 Å². The Hall–Kier alpha value is -2.25. The van der Waals surface area contributed by atoms with E-state index in [-0.39, 0.29) is 12.5 Å². The van der Waals surface area contributed by atoms with Crippen LogP contribution in [0, 0.1) is 11.6 Å². The molecule has 0 saturated carbocycles. The van der Waals surface area contributed by atoms with Crippen molar-refractivity contribution in [2.75, 3.05) is 32.7 Å². The molecule has 2 aliphatic rings. The van der Waals surface area contributed by atoms with Gasteiger partial charge >= 0.3 is 0 Å². The van der Waals surface area contributed by atoms with Gasteiger partial charge in [-0.1, -0.05) is 12.5 Å². The molecule has 0 aliphatic carbocycles. The van der Waals surface area contributed by atoms with E-state index < -0.39 is 17.7 Å². The highest BCUT2D eigenvalue weighted by molar-refractivity contribution is 5.78. The first-order valence-electron chi connectivity index (χ1n) is 11.4. The summed E-state index contributed by atoms with van der Waals surface area (Å²) in [6.45, 7) is 6.62. The number of likely N-dealkylation sites (tertiary alicyclic amines) is 1. The minimum absolute atomic E-state index is 0.0563. The number of fused-ring (bicyclic) bond motifs is 1. The molecule has 3 heterocycles. The first-order chi connectivity index (χ1) is 15.0. The topological polar surface area (TPSA) is 40.5 Å². The van der Waals surface area contributed by atoms with Crippen molar-refractivity contribution in [2.24, 2.45) is 0 Å². The summed E-state index contributed by atoms with van der Waals surface area (Å²) in [5, 5.41) is 3.03. The van der Waals surface area contributed by atoms with Crippen molar-refractivity contribution in [3.8, 4) is 0 Å². The van der Waals surface area contributed by atoms with Crippen LogP contribution in [0.3, 0.4) is 0 Å². The molecule has 1 amide bonds. The minimum Gasteiger partial charge on any atom is -0.355 e. The van der Waals surface area contributed by atoms with Crippen LogP contribution in [0.1, 0.15) is 49.9 Å². The first-order valence-corrected chi connectivity index (χ1v) is 11.4. The van der Waals surface area contributed by atoms with Crippen LogP contribution in [-0.2, 0) is 11.3 Å². The predicted molar refractivity (Wildman–Crippen MR) is 117 cm³/mol. The number of benzene rings is 1. The number of hydrogen-bond acceptors (Lipinski definition) is 3. The Morgan fingerprint density at radius 2 is 2.00 bits per heavy atom. The van der Waals surface area contributed by atoms with Gasteiger partial charge in [0.15, 0.2) is 0 Å². The highest BCUT2D eigenvalue weighted by atomic mass is 19.1. The highest BCUT2D eigenvalue weighted by Crippen LogP contribution is 2.33. The second-order valence-electron chi connectivity index (χ2n) is 8.75. The van der Waals surface area contributed by atoms with E-state index >= 15 is 0 Å². The molecule has 31 heavy (non-hydrogen) atoms. The summed E-state index contributed by atoms with van der Waals surface area (Å²) in [5.74, 6) is -1.24. The molecular formula is C24H32F2N4O. The summed E-state index contributed by atoms with van der Waals surface area (Å²) in [6.07, 6.45) is 6.71. The number of hydrogen-bond donors (Lipinski definition) is 1. The number of halogens is 2. The second-order valence-corrected chi connectivity index (χ2v) is 8.75. The Kier molecular flexibility index (Phi) is 7.02. The molecule has 2 aromatic rings. The third-order valence-corrected chi connectivity index (χ3v) is 6.63. The van der Waals surface area contributed by atoms with E-state index in [9.17, 15) is 13.6 Å². The lowest BCUT2D eigenvalue weighted by Crippen LogP contribution is -2.45. The molecule has 4 rings (SSSR count). The quantitative estimate of drug-likeness (QED) is 0.683. The zero-order chi connectivity index (χ0) is 21.8. The van der Waals surface area contributed by atoms with Crippen molar-refractivity contribution in [1.82, 2.24) is 19.7 Å². The number of carbonyl (C=O) groups excluding carboxylic acids is 1. The number of nitrogens with zero attached hydrogens (tertiary/aromatic N) is 3. The van der Waals surface area contributed by atoms with Crippen molar-refractivity contribution in [1.29, 1.82) is 0 Å². The van der Waals surface area contributed by atoms with Crippen molar-refractivity contribution < 1.29 is 13.6 Å². The summed E-state index contributed by atoms with van der Waals surface area (Å²) in [5.41, 5.74) is 1.32. The lowest BCUT2D eigenvalue weighted by Gasteiger charge is -2.37. The minimum atomic E-state index is -0.597. The predicted octanol–water partition coefficient (Wildman–Crippen LogP) is 3.55. The fourth-order valence-electron chi connectivity index (χ4n) is 4.92. The molecule has 1 aromatic carbocycles. The van der Waals surface area contributed by atoms with Gasteiger partial charge in [0.25, 0.3) is 0 Å². The number of amides is 1. The van der Waals surface area contributed by atoms with Gasteiger partial charge in [0.05, 0.1) is 12.6 Å². The maximum absolute atomic E-state index is 14.6. The summed E-state index contributed by atoms with van der Waals surface area (Å²) in [7, 11) is 0. The van der Waals surface area contributed by atoms with Gasteiger partial charge in [-0.25, -0.2) is 8.78 Å². The van der Waals surface area contributed by atoms with Crippen molar-refractivity contribution in [3.63, 3.8) is 0 Å². The van der Waals surface area contributed by atoms with Crippen molar-refractivity contribution in [3.05, 3.63) is 59.4 Å². The van der Waals surface area contributed by atoms with Gasteiger partial charge in [-0.2, -0.15) is 0 Å². The Morgan fingerprint density at radius 3 is 2.81 bits per heavy atom. The van der Waals surface area contributed by atoms with Gasteiger partial charge in [0.1, 0.15) is 11.6 Å². The molecule has 0 spiro atoms. The molecule has 2 atom stereocenters. The third kappa shape index (κ3) is 5.15. The lowest BCUT2D eigenvalue weighted by molar-refractivity contribution is -0.122. The monoisotopic (exact) mass is 430 g/mol. The van der Waals surface area contributed by atoms with E-state index in [1.807, 2.05) is 23.2 Å². The molecule has 168 valence electrons. The van der Waals surface area contributed by atoms with Crippen LogP contribution in [0.5, 0.6) is 0 Å². The Labute approximate surface area is 183 Å². The molecule has 1 fully saturated rings. The highest BCUT2D eigenvalue weighted by Gasteiger charge is 2.32. The Bertz CT molecular complexity index is 899. The molecule has 1 N–H and O–H groups in total. The molecule has 0 bridgehead atoms. The van der Waals surface area contributed by atoms with Crippen molar-refractivity contribution >= 4 is 5.91 Å². The van der Waals surface area contributed by atoms with E-state index in [1.165, 1.54) is 31.4 Å². The normalized spacial score (nSPS) is 22.3. The number of nitrogens with one attached hydrogen (secondary N) is 1. The Balaban J connectivity index is 1.36. The molecule has 2 aliphatic heterocycles. The zero-order valence-corrected chi connectivity index (χ0v) is 18.2. The van der Waals surface area contributed by atoms with Crippen LogP contribution >= 0.6 is 0 Å². The van der Waals surface area contributed by atoms with Gasteiger partial charge in [0, 0.05) is 55.7 Å². The summed E-state index contributed by atoms with van der Waals surface area (Å²) in [6, 6.07) is 7.76. The van der Waals surface area contributed by atoms with E-state index in [2.05, 4.69) is 21.7 Å². The van der Waals surface area contributed by atoms with Crippen LogP contribution < -0.4 is 5.32 Å². The number of piperidine rings is 1. The standard InChI is InChI=1S/C24H32F2N4O/c1-18-6-2-3-11-28(18)13-5-10-27-23(31)17-30-15-14-29-12-4-7-22(29)24(30)20-9-8-19(25)16-21(20)26/h4,7-9,12,16,18,24H,2-3,5-6,10-11,13-15,17H2,1H3,(H,27,31). The van der Waals surface area contributed by atoms with Gasteiger partial charge in [-0.3, -0.25) is 9.69 Å². The number of carbonyl (C=O) groups is 1. The SMILES string of the molecule is CC1CCCCN1CCCNC(=O)CN1CCn2cccc2C1c1ccc(F)cc1F. The molecule has 2 unspecified atom stereocenters. The smallest absolute Gasteiger partial charge is 0.234 e. The molecule has 1 aromatic heterocycles. The fraction of sp³-hybridized carbons (Fsp3) is 0.542. The van der Waals surface area contributed by atoms with E-state index in [0.717, 1.165) is 37.8 Å². The zero-order valence-electron chi connectivity index (χ0n) is 18.2. The number of rotatable bonds is 7. The molecular weight excluding hydrogens is 398 g/mol. The van der Waals surface area contributed by atoms with E-state index in [0.29, 0.717) is 24.7 Å². The van der Waals surface area contributed by atoms with E-state index in [4.69, 9.17) is 0 Å². The average Bonchev–Trinajstić information content (AvgIpc) is 3.22. The van der Waals surface area contributed by atoms with Crippen LogP contribution in [0.25, 0.3) is 0 Å². The summed E-state index contributed by atoms with van der Waals surface area (Å²) < 4.78 is 30.2. The van der Waals surface area contributed by atoms with Gasteiger partial charge in [-0.05, 0) is 50.9 Å². The van der Waals surface area contributed by atoms with Crippen LogP contribution in [-0.4, -0.2) is 59.0 Å². The maximum Gasteiger partial charge on any atom is 0.234 e. The molecule has 1 saturated heterocycles. The fourth-order valence-corrected chi connectivity index (χ4v) is 4.92. The Morgan fingerprint density at radius 1 is 1.13 bits per heavy atom. The first kappa shape index (κ1) is 22.0. The number of aromatic nitrogens is 1.